The maximum atomic E-state index is 13.1. The number of hydrogen-bond donors (Lipinski definition) is 1. The highest BCUT2D eigenvalue weighted by Crippen LogP contribution is 2.38. The van der Waals surface area contributed by atoms with Crippen LogP contribution in [0.4, 0.5) is 0 Å². The van der Waals surface area contributed by atoms with Crippen molar-refractivity contribution in [2.24, 2.45) is 0 Å². The van der Waals surface area contributed by atoms with Crippen LogP contribution in [0.1, 0.15) is 28.9 Å². The molecule has 5 aromatic rings. The van der Waals surface area contributed by atoms with Crippen molar-refractivity contribution in [2.45, 2.75) is 19.4 Å². The third-order valence-electron chi connectivity index (χ3n) is 7.67. The van der Waals surface area contributed by atoms with Crippen molar-refractivity contribution in [2.75, 3.05) is 34.3 Å². The monoisotopic (exact) mass is 548 g/mol. The molecule has 9 nitrogen and oxygen atoms in total. The summed E-state index contributed by atoms with van der Waals surface area (Å²) in [4.78, 5) is 32.9. The number of fused-ring (bicyclic) bond motifs is 3. The number of rotatable bonds is 7. The number of carbonyl (C=O) groups is 2. The molecule has 0 spiro atoms. The van der Waals surface area contributed by atoms with E-state index < -0.39 is 0 Å². The second kappa shape index (κ2) is 10.9. The Hall–Kier alpha value is -4.92. The fraction of sp³-hybridized carbons (Fsp3) is 0.250. The number of benzene rings is 3. The van der Waals surface area contributed by atoms with Gasteiger partial charge in [-0.05, 0) is 58.2 Å². The largest absolute Gasteiger partial charge is 0.496 e. The molecule has 1 N–H and O–H groups in total. The molecule has 0 atom stereocenters. The number of amides is 2. The van der Waals surface area contributed by atoms with E-state index in [-0.39, 0.29) is 11.8 Å². The van der Waals surface area contributed by atoms with Gasteiger partial charge < -0.3 is 19.5 Å². The standard InChI is InChI=1S/C32H32N6O3/c1-36(2)32(40)29-19-27-26-17-21(23-8-4-5-9-30(23)41-3)10-11-24(26)25(18-28(27)34-29)22-7-6-14-37(20-22)31(39)12-15-38-16-13-33-35-38/h4-5,7-11,13,16-19,34H,6,12,14-15,20H2,1-3H3. The first-order valence-corrected chi connectivity index (χ1v) is 13.7. The molecule has 2 amide bonds. The maximum absolute atomic E-state index is 13.1. The molecular formula is C32H32N6O3. The lowest BCUT2D eigenvalue weighted by atomic mass is 9.91. The molecule has 0 aliphatic carbocycles. The minimum atomic E-state index is -0.0854. The summed E-state index contributed by atoms with van der Waals surface area (Å²) in [6.07, 6.45) is 6.75. The van der Waals surface area contributed by atoms with Crippen molar-refractivity contribution in [3.05, 3.63) is 84.3 Å². The first-order valence-electron chi connectivity index (χ1n) is 13.7. The number of nitrogens with zero attached hydrogens (tertiary/aromatic N) is 5. The highest BCUT2D eigenvalue weighted by molar-refractivity contribution is 6.14. The van der Waals surface area contributed by atoms with Gasteiger partial charge in [-0.3, -0.25) is 14.3 Å². The van der Waals surface area contributed by atoms with Crippen molar-refractivity contribution in [3.8, 4) is 16.9 Å². The van der Waals surface area contributed by atoms with Gasteiger partial charge in [0.25, 0.3) is 5.91 Å². The molecular weight excluding hydrogens is 516 g/mol. The number of nitrogens with one attached hydrogen (secondary N) is 1. The molecule has 0 saturated carbocycles. The van der Waals surface area contributed by atoms with Crippen molar-refractivity contribution >= 4 is 39.1 Å². The fourth-order valence-corrected chi connectivity index (χ4v) is 5.58. The van der Waals surface area contributed by atoms with E-state index in [0.29, 0.717) is 31.7 Å². The number of carbonyl (C=O) groups excluding carboxylic acids is 2. The molecule has 3 aromatic carbocycles. The average Bonchev–Trinajstić information content (AvgIpc) is 3.69. The fourth-order valence-electron chi connectivity index (χ4n) is 5.58. The molecule has 0 unspecified atom stereocenters. The van der Waals surface area contributed by atoms with Gasteiger partial charge in [0.15, 0.2) is 0 Å². The number of ether oxygens (including phenoxy) is 1. The zero-order valence-corrected chi connectivity index (χ0v) is 23.4. The van der Waals surface area contributed by atoms with E-state index in [1.165, 1.54) is 0 Å². The quantitative estimate of drug-likeness (QED) is 0.309. The lowest BCUT2D eigenvalue weighted by Gasteiger charge is -2.28. The lowest BCUT2D eigenvalue weighted by Crippen LogP contribution is -2.36. The van der Waals surface area contributed by atoms with Crippen LogP contribution in [0.3, 0.4) is 0 Å². The zero-order valence-electron chi connectivity index (χ0n) is 23.4. The highest BCUT2D eigenvalue weighted by atomic mass is 16.5. The molecule has 0 fully saturated rings. The molecule has 1 aliphatic rings. The van der Waals surface area contributed by atoms with E-state index in [2.05, 4.69) is 45.6 Å². The second-order valence-corrected chi connectivity index (χ2v) is 10.5. The van der Waals surface area contributed by atoms with Gasteiger partial charge in [-0.25, -0.2) is 0 Å². The minimum Gasteiger partial charge on any atom is -0.496 e. The second-order valence-electron chi connectivity index (χ2n) is 10.5. The van der Waals surface area contributed by atoms with E-state index in [4.69, 9.17) is 4.74 Å². The molecule has 9 heteroatoms. The summed E-state index contributed by atoms with van der Waals surface area (Å²) in [6, 6.07) is 18.4. The van der Waals surface area contributed by atoms with Crippen LogP contribution in [0, 0.1) is 0 Å². The van der Waals surface area contributed by atoms with E-state index in [1.807, 2.05) is 35.2 Å². The summed E-state index contributed by atoms with van der Waals surface area (Å²) in [5, 5.41) is 10.9. The molecule has 41 heavy (non-hydrogen) atoms. The molecule has 2 aromatic heterocycles. The maximum Gasteiger partial charge on any atom is 0.269 e. The average molecular weight is 549 g/mol. The lowest BCUT2D eigenvalue weighted by molar-refractivity contribution is -0.131. The Balaban J connectivity index is 1.43. The third-order valence-corrected chi connectivity index (χ3v) is 7.67. The van der Waals surface area contributed by atoms with E-state index in [1.54, 1.807) is 43.2 Å². The Morgan fingerprint density at radius 2 is 1.88 bits per heavy atom. The van der Waals surface area contributed by atoms with Gasteiger partial charge in [0.1, 0.15) is 11.4 Å². The van der Waals surface area contributed by atoms with Crippen LogP contribution >= 0.6 is 0 Å². The number of hydrogen-bond acceptors (Lipinski definition) is 5. The van der Waals surface area contributed by atoms with Gasteiger partial charge in [0, 0.05) is 56.3 Å². The predicted octanol–water partition coefficient (Wildman–Crippen LogP) is 5.00. The predicted molar refractivity (Wildman–Crippen MR) is 160 cm³/mol. The van der Waals surface area contributed by atoms with E-state index >= 15 is 0 Å². The van der Waals surface area contributed by atoms with Gasteiger partial charge in [0.2, 0.25) is 5.91 Å². The summed E-state index contributed by atoms with van der Waals surface area (Å²) in [6.45, 7) is 1.71. The third kappa shape index (κ3) is 5.06. The number of aryl methyl sites for hydroxylation is 1. The van der Waals surface area contributed by atoms with Crippen molar-refractivity contribution < 1.29 is 14.3 Å². The summed E-state index contributed by atoms with van der Waals surface area (Å²) in [5.74, 6) is 0.804. The van der Waals surface area contributed by atoms with Gasteiger partial charge in [-0.2, -0.15) is 0 Å². The number of methoxy groups -OCH3 is 1. The molecule has 1 aliphatic heterocycles. The first-order chi connectivity index (χ1) is 19.9. The van der Waals surface area contributed by atoms with Gasteiger partial charge in [0.05, 0.1) is 19.9 Å². The smallest absolute Gasteiger partial charge is 0.269 e. The van der Waals surface area contributed by atoms with Gasteiger partial charge >= 0.3 is 0 Å². The van der Waals surface area contributed by atoms with Crippen molar-refractivity contribution in [1.82, 2.24) is 29.8 Å². The van der Waals surface area contributed by atoms with E-state index in [0.717, 1.165) is 56.1 Å². The van der Waals surface area contributed by atoms with Crippen molar-refractivity contribution in [3.63, 3.8) is 0 Å². The Morgan fingerprint density at radius 1 is 1.02 bits per heavy atom. The number of H-pyrrole nitrogens is 1. The van der Waals surface area contributed by atoms with Crippen LogP contribution in [-0.4, -0.2) is 75.9 Å². The van der Waals surface area contributed by atoms with Crippen LogP contribution in [0.5, 0.6) is 5.75 Å². The summed E-state index contributed by atoms with van der Waals surface area (Å²) in [7, 11) is 5.17. The van der Waals surface area contributed by atoms with Crippen LogP contribution < -0.4 is 4.74 Å². The molecule has 0 radical (unpaired) electrons. The van der Waals surface area contributed by atoms with Crippen LogP contribution in [-0.2, 0) is 11.3 Å². The van der Waals surface area contributed by atoms with E-state index in [9.17, 15) is 9.59 Å². The highest BCUT2D eigenvalue weighted by Gasteiger charge is 2.22. The number of aromatic amines is 1. The Morgan fingerprint density at radius 3 is 2.66 bits per heavy atom. The number of para-hydroxylation sites is 1. The molecule has 0 saturated heterocycles. The first kappa shape index (κ1) is 26.3. The molecule has 0 bridgehead atoms. The van der Waals surface area contributed by atoms with Gasteiger partial charge in [-0.15, -0.1) is 5.10 Å². The Kier molecular flexibility index (Phi) is 7.01. The SMILES string of the molecule is COc1ccccc1-c1ccc2c(C3=CCCN(C(=O)CCn4ccnn4)C3)cc3[nH]c(C(=O)N(C)C)cc3c2c1. The molecule has 3 heterocycles. The summed E-state index contributed by atoms with van der Waals surface area (Å²) >= 11 is 0. The van der Waals surface area contributed by atoms with Crippen molar-refractivity contribution in [1.29, 1.82) is 0 Å². The topological polar surface area (TPSA) is 96.3 Å². The normalized spacial score (nSPS) is 13.4. The van der Waals surface area contributed by atoms with Crippen LogP contribution in [0.2, 0.25) is 0 Å². The Bertz CT molecular complexity index is 1780. The molecule has 208 valence electrons. The summed E-state index contributed by atoms with van der Waals surface area (Å²) in [5.41, 5.74) is 5.59. The minimum absolute atomic E-state index is 0.0854. The Labute approximate surface area is 238 Å². The molecule has 6 rings (SSSR count). The summed E-state index contributed by atoms with van der Waals surface area (Å²) < 4.78 is 7.32. The van der Waals surface area contributed by atoms with Gasteiger partial charge in [-0.1, -0.05) is 41.6 Å². The van der Waals surface area contributed by atoms with Crippen LogP contribution in [0.15, 0.2) is 73.1 Å². The number of aromatic nitrogens is 4. The van der Waals surface area contributed by atoms with Crippen LogP contribution in [0.25, 0.3) is 38.4 Å². The zero-order chi connectivity index (χ0) is 28.5.